The third-order valence-corrected chi connectivity index (χ3v) is 12.7. The van der Waals surface area contributed by atoms with Crippen LogP contribution in [0, 0.1) is 6.92 Å². The number of rotatable bonds is 2. The van der Waals surface area contributed by atoms with Crippen LogP contribution in [0.1, 0.15) is 111 Å². The molecule has 2 aliphatic rings. The number of hydrogen-bond acceptors (Lipinski definition) is 3. The summed E-state index contributed by atoms with van der Waals surface area (Å²) < 4.78 is 2.79. The molecule has 5 aromatic carbocycles. The Morgan fingerprint density at radius 1 is 0.509 bits per heavy atom. The molecule has 0 bridgehead atoms. The van der Waals surface area contributed by atoms with Gasteiger partial charge in [-0.3, -0.25) is 0 Å². The van der Waals surface area contributed by atoms with Crippen molar-refractivity contribution < 1.29 is 0 Å². The van der Waals surface area contributed by atoms with Crippen LogP contribution >= 0.6 is 11.3 Å². The van der Waals surface area contributed by atoms with Crippen molar-refractivity contribution in [2.45, 2.75) is 112 Å². The molecule has 6 aromatic rings. The maximum atomic E-state index is 2.62. The molecule has 270 valence electrons. The van der Waals surface area contributed by atoms with Crippen LogP contribution in [-0.2, 0) is 21.7 Å². The summed E-state index contributed by atoms with van der Waals surface area (Å²) in [6.07, 6.45) is 0. The average molecular weight is 715 g/mol. The molecule has 4 heteroatoms. The standard InChI is InChI=1S/C49H55BN2S/c1-30-27-39-43-40(28-30)52(35-24-19-32(20-25-35)47(5,6)7)44-42-36(49(11,12)13)15-14-16-41(42)53-45(44)50(43)37-29-33(48(8,9)10)21-26-38(37)51(39)34-22-17-31(18-23-34)46(2,3)4/h14-29H,1-13H3. The van der Waals surface area contributed by atoms with Gasteiger partial charge >= 0.3 is 0 Å². The summed E-state index contributed by atoms with van der Waals surface area (Å²) in [5.74, 6) is 0. The van der Waals surface area contributed by atoms with Crippen molar-refractivity contribution in [3.05, 3.63) is 125 Å². The Morgan fingerprint density at radius 2 is 1.02 bits per heavy atom. The summed E-state index contributed by atoms with van der Waals surface area (Å²) in [5.41, 5.74) is 17.3. The summed E-state index contributed by atoms with van der Waals surface area (Å²) in [6, 6.07) is 37.9. The van der Waals surface area contributed by atoms with Crippen LogP contribution in [0.4, 0.5) is 34.1 Å². The Hall–Kier alpha value is -4.28. The first kappa shape index (κ1) is 35.7. The van der Waals surface area contributed by atoms with Gasteiger partial charge in [0.1, 0.15) is 0 Å². The van der Waals surface area contributed by atoms with Crippen molar-refractivity contribution >= 4 is 78.0 Å². The highest BCUT2D eigenvalue weighted by Crippen LogP contribution is 2.50. The van der Waals surface area contributed by atoms with Crippen molar-refractivity contribution in [2.24, 2.45) is 0 Å². The molecular weight excluding hydrogens is 659 g/mol. The molecule has 3 heterocycles. The predicted molar refractivity (Wildman–Crippen MR) is 235 cm³/mol. The van der Waals surface area contributed by atoms with Crippen molar-refractivity contribution in [3.8, 4) is 0 Å². The number of nitrogens with zero attached hydrogens (tertiary/aromatic N) is 2. The van der Waals surface area contributed by atoms with E-state index in [1.165, 1.54) is 87.7 Å². The Labute approximate surface area is 323 Å². The van der Waals surface area contributed by atoms with Crippen molar-refractivity contribution in [1.29, 1.82) is 0 Å². The smallest absolute Gasteiger partial charge is 0.264 e. The largest absolute Gasteiger partial charge is 0.311 e. The number of anilines is 6. The lowest BCUT2D eigenvalue weighted by Crippen LogP contribution is -2.60. The number of hydrogen-bond donors (Lipinski definition) is 0. The monoisotopic (exact) mass is 714 g/mol. The summed E-state index contributed by atoms with van der Waals surface area (Å²) >= 11 is 2.00. The van der Waals surface area contributed by atoms with Crippen LogP contribution in [0.15, 0.2) is 97.1 Å². The molecule has 0 amide bonds. The molecule has 0 N–H and O–H groups in total. The molecule has 0 fully saturated rings. The number of thiophene rings is 1. The topological polar surface area (TPSA) is 6.48 Å². The van der Waals surface area contributed by atoms with E-state index in [9.17, 15) is 0 Å². The van der Waals surface area contributed by atoms with Gasteiger partial charge in [0.2, 0.25) is 0 Å². The van der Waals surface area contributed by atoms with E-state index in [1.807, 2.05) is 11.3 Å². The van der Waals surface area contributed by atoms with Crippen molar-refractivity contribution in [2.75, 3.05) is 9.80 Å². The Kier molecular flexibility index (Phi) is 8.00. The molecule has 0 radical (unpaired) electrons. The highest BCUT2D eigenvalue weighted by atomic mass is 32.1. The zero-order valence-electron chi connectivity index (χ0n) is 34.1. The normalized spacial score (nSPS) is 14.4. The number of fused-ring (bicyclic) bond motifs is 6. The molecule has 0 saturated carbocycles. The van der Waals surface area contributed by atoms with E-state index in [0.717, 1.165) is 0 Å². The maximum Gasteiger partial charge on any atom is 0.264 e. The lowest BCUT2D eigenvalue weighted by atomic mass is 9.36. The summed E-state index contributed by atoms with van der Waals surface area (Å²) in [5, 5.41) is 1.39. The molecule has 0 aliphatic carbocycles. The van der Waals surface area contributed by atoms with E-state index in [-0.39, 0.29) is 28.4 Å². The Balaban J connectivity index is 1.50. The van der Waals surface area contributed by atoms with Crippen LogP contribution in [0.5, 0.6) is 0 Å². The molecule has 0 spiro atoms. The second kappa shape index (κ2) is 11.9. The van der Waals surface area contributed by atoms with Crippen LogP contribution in [0.3, 0.4) is 0 Å². The lowest BCUT2D eigenvalue weighted by Gasteiger charge is -2.44. The van der Waals surface area contributed by atoms with E-state index >= 15 is 0 Å². The highest BCUT2D eigenvalue weighted by molar-refractivity contribution is 7.33. The maximum absolute atomic E-state index is 2.62. The van der Waals surface area contributed by atoms with E-state index in [0.29, 0.717) is 0 Å². The number of benzene rings is 5. The molecule has 0 unspecified atom stereocenters. The molecular formula is C49H55BN2S. The minimum Gasteiger partial charge on any atom is -0.311 e. The van der Waals surface area contributed by atoms with E-state index in [4.69, 9.17) is 0 Å². The van der Waals surface area contributed by atoms with Gasteiger partial charge in [0, 0.05) is 43.3 Å². The lowest BCUT2D eigenvalue weighted by molar-refractivity contribution is 0.590. The van der Waals surface area contributed by atoms with Gasteiger partial charge in [-0.15, -0.1) is 11.3 Å². The van der Waals surface area contributed by atoms with Crippen molar-refractivity contribution in [3.63, 3.8) is 0 Å². The highest BCUT2D eigenvalue weighted by Gasteiger charge is 2.46. The van der Waals surface area contributed by atoms with Gasteiger partial charge in [-0.2, -0.15) is 0 Å². The van der Waals surface area contributed by atoms with Crippen LogP contribution < -0.4 is 25.5 Å². The first-order chi connectivity index (χ1) is 24.7. The minimum atomic E-state index is -0.0198. The summed E-state index contributed by atoms with van der Waals surface area (Å²) in [6.45, 7) is 30.3. The van der Waals surface area contributed by atoms with Gasteiger partial charge in [0.15, 0.2) is 0 Å². The van der Waals surface area contributed by atoms with E-state index in [1.54, 1.807) is 0 Å². The SMILES string of the molecule is Cc1cc2c3c(c1)N(c1ccc(C(C)(C)C)cc1)c1c(sc4cccc(C(C)(C)C)c14)B3c1cc(C(C)(C)C)ccc1N2c1ccc(C(C)(C)C)cc1. The first-order valence-electron chi connectivity index (χ1n) is 19.4. The molecule has 8 rings (SSSR count). The second-order valence-corrected chi connectivity index (χ2v) is 20.8. The molecule has 2 nitrogen and oxygen atoms in total. The van der Waals surface area contributed by atoms with Gasteiger partial charge < -0.3 is 9.80 Å². The molecule has 0 atom stereocenters. The van der Waals surface area contributed by atoms with Crippen LogP contribution in [-0.4, -0.2) is 6.71 Å². The Morgan fingerprint density at radius 3 is 1.55 bits per heavy atom. The zero-order valence-corrected chi connectivity index (χ0v) is 34.9. The fourth-order valence-corrected chi connectivity index (χ4v) is 9.86. The van der Waals surface area contributed by atoms with Gasteiger partial charge in [0.05, 0.1) is 5.69 Å². The van der Waals surface area contributed by atoms with Gasteiger partial charge in [-0.1, -0.05) is 132 Å². The van der Waals surface area contributed by atoms with Crippen molar-refractivity contribution in [1.82, 2.24) is 0 Å². The molecule has 53 heavy (non-hydrogen) atoms. The van der Waals surface area contributed by atoms with Crippen LogP contribution in [0.2, 0.25) is 0 Å². The fraction of sp³-hybridized carbons (Fsp3) is 0.347. The van der Waals surface area contributed by atoms with E-state index in [2.05, 4.69) is 197 Å². The molecule has 1 aromatic heterocycles. The summed E-state index contributed by atoms with van der Waals surface area (Å²) in [4.78, 5) is 5.17. The fourth-order valence-electron chi connectivity index (χ4n) is 8.52. The Bertz CT molecular complexity index is 2390. The number of aryl methyl sites for hydroxylation is 1. The zero-order chi connectivity index (χ0) is 38.0. The molecule has 0 saturated heterocycles. The molecule has 2 aliphatic heterocycles. The average Bonchev–Trinajstić information content (AvgIpc) is 3.45. The predicted octanol–water partition coefficient (Wildman–Crippen LogP) is 12.5. The third kappa shape index (κ3) is 5.84. The third-order valence-electron chi connectivity index (χ3n) is 11.5. The first-order valence-corrected chi connectivity index (χ1v) is 20.2. The van der Waals surface area contributed by atoms with E-state index < -0.39 is 0 Å². The second-order valence-electron chi connectivity index (χ2n) is 19.7. The summed E-state index contributed by atoms with van der Waals surface area (Å²) in [7, 11) is 0. The van der Waals surface area contributed by atoms with Gasteiger partial charge in [0.25, 0.3) is 6.71 Å². The minimum absolute atomic E-state index is 0.0164. The van der Waals surface area contributed by atoms with Gasteiger partial charge in [-0.05, 0) is 116 Å². The quantitative estimate of drug-likeness (QED) is 0.165. The van der Waals surface area contributed by atoms with Gasteiger partial charge in [-0.25, -0.2) is 0 Å². The van der Waals surface area contributed by atoms with Crippen LogP contribution in [0.25, 0.3) is 10.1 Å².